The summed E-state index contributed by atoms with van der Waals surface area (Å²) in [5.41, 5.74) is 3.33. The molecule has 168 valence electrons. The van der Waals surface area contributed by atoms with Crippen LogP contribution in [0.1, 0.15) is 26.3 Å². The van der Waals surface area contributed by atoms with Gasteiger partial charge >= 0.3 is 5.97 Å². The van der Waals surface area contributed by atoms with Gasteiger partial charge < -0.3 is 10.1 Å². The highest BCUT2D eigenvalue weighted by molar-refractivity contribution is 9.10. The molecule has 0 unspecified atom stereocenters. The van der Waals surface area contributed by atoms with Gasteiger partial charge in [0, 0.05) is 15.1 Å². The molecule has 10 heteroatoms. The summed E-state index contributed by atoms with van der Waals surface area (Å²) in [5, 5.41) is 7.12. The molecule has 0 fully saturated rings. The fraction of sp³-hybridized carbons (Fsp3) is 0.0435. The Balaban J connectivity index is 1.60. The van der Waals surface area contributed by atoms with Gasteiger partial charge in [-0.15, -0.1) is 0 Å². The molecule has 0 heterocycles. The standard InChI is InChI=1S/C23H16BrCl2N3O4/c24-16-7-10-20(33-23(32)14-5-8-17(25)9-6-14)15(11-16)12-28-29-21(30)13-27-22(31)18-3-1-2-4-19(18)26/h1-12H,13H2,(H,27,31)(H,29,30). The lowest BCUT2D eigenvalue weighted by atomic mass is 10.2. The Bertz CT molecular complexity index is 1220. The van der Waals surface area contributed by atoms with E-state index in [1.165, 1.54) is 6.21 Å². The third-order valence-electron chi connectivity index (χ3n) is 4.18. The first-order chi connectivity index (χ1) is 15.8. The zero-order valence-electron chi connectivity index (χ0n) is 16.8. The number of nitrogens with zero attached hydrogens (tertiary/aromatic N) is 1. The molecule has 0 saturated carbocycles. The Morgan fingerprint density at radius 1 is 1.00 bits per heavy atom. The monoisotopic (exact) mass is 547 g/mol. The number of amides is 2. The first kappa shape index (κ1) is 24.4. The summed E-state index contributed by atoms with van der Waals surface area (Å²) < 4.78 is 6.16. The Labute approximate surface area is 207 Å². The SMILES string of the molecule is O=C(CNC(=O)c1ccccc1Cl)NN=Cc1cc(Br)ccc1OC(=O)c1ccc(Cl)cc1. The van der Waals surface area contributed by atoms with Crippen LogP contribution in [0, 0.1) is 0 Å². The van der Waals surface area contributed by atoms with Crippen LogP contribution in [0.15, 0.2) is 76.3 Å². The Morgan fingerprint density at radius 3 is 2.45 bits per heavy atom. The van der Waals surface area contributed by atoms with Gasteiger partial charge in [0.05, 0.1) is 28.9 Å². The third kappa shape index (κ3) is 7.15. The summed E-state index contributed by atoms with van der Waals surface area (Å²) in [6, 6.07) is 17.7. The lowest BCUT2D eigenvalue weighted by Crippen LogP contribution is -2.35. The molecule has 0 aliphatic heterocycles. The van der Waals surface area contributed by atoms with Gasteiger partial charge in [-0.1, -0.05) is 51.3 Å². The number of nitrogens with one attached hydrogen (secondary N) is 2. The molecule has 0 bridgehead atoms. The fourth-order valence-corrected chi connectivity index (χ4v) is 3.30. The maximum absolute atomic E-state index is 12.4. The molecule has 0 aliphatic carbocycles. The van der Waals surface area contributed by atoms with Crippen LogP contribution < -0.4 is 15.5 Å². The number of rotatable bonds is 7. The number of hydrazone groups is 1. The minimum Gasteiger partial charge on any atom is -0.422 e. The predicted molar refractivity (Wildman–Crippen MR) is 130 cm³/mol. The summed E-state index contributed by atoms with van der Waals surface area (Å²) in [6.07, 6.45) is 1.32. The van der Waals surface area contributed by atoms with E-state index < -0.39 is 17.8 Å². The van der Waals surface area contributed by atoms with E-state index in [1.807, 2.05) is 0 Å². The van der Waals surface area contributed by atoms with Crippen LogP contribution in [0.4, 0.5) is 0 Å². The van der Waals surface area contributed by atoms with E-state index in [-0.39, 0.29) is 22.9 Å². The molecule has 2 amide bonds. The van der Waals surface area contributed by atoms with Crippen LogP contribution >= 0.6 is 39.1 Å². The zero-order chi connectivity index (χ0) is 23.8. The number of benzene rings is 3. The largest absolute Gasteiger partial charge is 0.422 e. The van der Waals surface area contributed by atoms with Crippen molar-refractivity contribution in [2.75, 3.05) is 6.54 Å². The van der Waals surface area contributed by atoms with Gasteiger partial charge in [0.25, 0.3) is 11.8 Å². The Hall–Kier alpha value is -3.20. The molecule has 7 nitrogen and oxygen atoms in total. The lowest BCUT2D eigenvalue weighted by Gasteiger charge is -2.08. The number of hydrogen-bond donors (Lipinski definition) is 2. The van der Waals surface area contributed by atoms with Gasteiger partial charge in [0.1, 0.15) is 5.75 Å². The number of carbonyl (C=O) groups is 3. The third-order valence-corrected chi connectivity index (χ3v) is 5.25. The Kier molecular flexibility index (Phi) is 8.59. The van der Waals surface area contributed by atoms with E-state index in [1.54, 1.807) is 66.7 Å². The summed E-state index contributed by atoms with van der Waals surface area (Å²) in [6.45, 7) is -0.307. The number of hydrogen-bond acceptors (Lipinski definition) is 5. The highest BCUT2D eigenvalue weighted by Crippen LogP contribution is 2.23. The van der Waals surface area contributed by atoms with Crippen molar-refractivity contribution < 1.29 is 19.1 Å². The molecular formula is C23H16BrCl2N3O4. The van der Waals surface area contributed by atoms with Gasteiger partial charge in [-0.05, 0) is 54.6 Å². The number of carbonyl (C=O) groups excluding carboxylic acids is 3. The van der Waals surface area contributed by atoms with E-state index in [0.29, 0.717) is 20.6 Å². The number of halogens is 3. The van der Waals surface area contributed by atoms with Gasteiger partial charge in [0.2, 0.25) is 0 Å². The van der Waals surface area contributed by atoms with Gasteiger partial charge in [-0.25, -0.2) is 10.2 Å². The number of esters is 1. The second kappa shape index (κ2) is 11.6. The van der Waals surface area contributed by atoms with Crippen molar-refractivity contribution in [3.05, 3.63) is 97.9 Å². The van der Waals surface area contributed by atoms with E-state index in [4.69, 9.17) is 27.9 Å². The second-order valence-corrected chi connectivity index (χ2v) is 8.29. The van der Waals surface area contributed by atoms with Crippen LogP contribution in [-0.2, 0) is 4.79 Å². The molecule has 0 saturated heterocycles. The van der Waals surface area contributed by atoms with Crippen molar-refractivity contribution in [1.29, 1.82) is 0 Å². The first-order valence-electron chi connectivity index (χ1n) is 9.45. The van der Waals surface area contributed by atoms with E-state index >= 15 is 0 Å². The van der Waals surface area contributed by atoms with Gasteiger partial charge in [0.15, 0.2) is 0 Å². The lowest BCUT2D eigenvalue weighted by molar-refractivity contribution is -0.120. The molecule has 0 radical (unpaired) electrons. The molecule has 33 heavy (non-hydrogen) atoms. The van der Waals surface area contributed by atoms with E-state index in [0.717, 1.165) is 0 Å². The van der Waals surface area contributed by atoms with E-state index in [9.17, 15) is 14.4 Å². The summed E-state index contributed by atoms with van der Waals surface area (Å²) in [4.78, 5) is 36.5. The molecule has 3 aromatic rings. The predicted octanol–water partition coefficient (Wildman–Crippen LogP) is 4.86. The molecule has 0 aromatic heterocycles. The van der Waals surface area contributed by atoms with E-state index in [2.05, 4.69) is 31.8 Å². The van der Waals surface area contributed by atoms with Crippen molar-refractivity contribution >= 4 is 63.1 Å². The molecule has 2 N–H and O–H groups in total. The second-order valence-electron chi connectivity index (χ2n) is 6.53. The topological polar surface area (TPSA) is 96.9 Å². The molecule has 3 aromatic carbocycles. The maximum Gasteiger partial charge on any atom is 0.343 e. The van der Waals surface area contributed by atoms with Crippen molar-refractivity contribution in [3.63, 3.8) is 0 Å². The summed E-state index contributed by atoms with van der Waals surface area (Å²) >= 11 is 15.1. The summed E-state index contributed by atoms with van der Waals surface area (Å²) in [7, 11) is 0. The fourth-order valence-electron chi connectivity index (χ4n) is 2.57. The van der Waals surface area contributed by atoms with Gasteiger partial charge in [-0.2, -0.15) is 5.10 Å². The minimum absolute atomic E-state index is 0.239. The highest BCUT2D eigenvalue weighted by atomic mass is 79.9. The van der Waals surface area contributed by atoms with Crippen molar-refractivity contribution in [2.24, 2.45) is 5.10 Å². The van der Waals surface area contributed by atoms with Crippen molar-refractivity contribution in [1.82, 2.24) is 10.7 Å². The molecule has 0 spiro atoms. The number of ether oxygens (including phenoxy) is 1. The average molecular weight is 549 g/mol. The van der Waals surface area contributed by atoms with Crippen molar-refractivity contribution in [3.8, 4) is 5.75 Å². The van der Waals surface area contributed by atoms with Crippen LogP contribution in [0.2, 0.25) is 10.0 Å². The normalized spacial score (nSPS) is 10.6. The average Bonchev–Trinajstić information content (AvgIpc) is 2.80. The van der Waals surface area contributed by atoms with Crippen molar-refractivity contribution in [2.45, 2.75) is 0 Å². The maximum atomic E-state index is 12.4. The molecule has 0 atom stereocenters. The summed E-state index contributed by atoms with van der Waals surface area (Å²) in [5.74, 6) is -1.37. The van der Waals surface area contributed by atoms with Gasteiger partial charge in [-0.3, -0.25) is 9.59 Å². The first-order valence-corrected chi connectivity index (χ1v) is 11.0. The zero-order valence-corrected chi connectivity index (χ0v) is 19.9. The minimum atomic E-state index is -0.574. The molecular weight excluding hydrogens is 533 g/mol. The highest BCUT2D eigenvalue weighted by Gasteiger charge is 2.13. The smallest absolute Gasteiger partial charge is 0.343 e. The quantitative estimate of drug-likeness (QED) is 0.191. The Morgan fingerprint density at radius 2 is 1.73 bits per heavy atom. The molecule has 3 rings (SSSR count). The van der Waals surface area contributed by atoms with Crippen LogP contribution in [0.25, 0.3) is 0 Å². The molecule has 0 aliphatic rings. The van der Waals surface area contributed by atoms with Crippen LogP contribution in [0.3, 0.4) is 0 Å². The van der Waals surface area contributed by atoms with Crippen LogP contribution in [0.5, 0.6) is 5.75 Å². The van der Waals surface area contributed by atoms with Crippen LogP contribution in [-0.4, -0.2) is 30.5 Å².